The minimum atomic E-state index is -1.01. The summed E-state index contributed by atoms with van der Waals surface area (Å²) in [4.78, 5) is 29.2. The van der Waals surface area contributed by atoms with E-state index >= 15 is 0 Å². The number of aromatic nitrogens is 2. The first-order valence-corrected chi connectivity index (χ1v) is 6.77. The van der Waals surface area contributed by atoms with Crippen molar-refractivity contribution in [3.63, 3.8) is 0 Å². The molecule has 1 aromatic heterocycles. The average Bonchev–Trinajstić information content (AvgIpc) is 2.94. The van der Waals surface area contributed by atoms with Crippen LogP contribution < -0.4 is 0 Å². The molecular weight excluding hydrogens is 262 g/mol. The highest BCUT2D eigenvalue weighted by atomic mass is 16.5. The minimum Gasteiger partial charge on any atom is -0.479 e. The molecule has 3 rings (SSSR count). The molecule has 1 fully saturated rings. The van der Waals surface area contributed by atoms with Crippen molar-refractivity contribution >= 4 is 11.9 Å². The molecular formula is C13H17N3O4. The number of hydrogen-bond donors (Lipinski definition) is 1. The molecule has 1 saturated heterocycles. The molecule has 0 aromatic carbocycles. The zero-order valence-electron chi connectivity index (χ0n) is 11.1. The number of morpholine rings is 1. The second-order valence-electron chi connectivity index (χ2n) is 5.25. The van der Waals surface area contributed by atoms with Gasteiger partial charge in [0, 0.05) is 37.3 Å². The van der Waals surface area contributed by atoms with Crippen LogP contribution in [0.25, 0.3) is 0 Å². The molecule has 1 aromatic rings. The molecule has 1 amide bonds. The van der Waals surface area contributed by atoms with Gasteiger partial charge in [-0.05, 0) is 6.42 Å². The van der Waals surface area contributed by atoms with Crippen LogP contribution in [0.5, 0.6) is 0 Å². The molecule has 7 heteroatoms. The number of nitrogens with zero attached hydrogens (tertiary/aromatic N) is 3. The van der Waals surface area contributed by atoms with Crippen LogP contribution in [0.15, 0.2) is 12.5 Å². The lowest BCUT2D eigenvalue weighted by Crippen LogP contribution is -2.51. The van der Waals surface area contributed by atoms with Crippen LogP contribution >= 0.6 is 0 Å². The van der Waals surface area contributed by atoms with Crippen LogP contribution in [0, 0.1) is 5.92 Å². The summed E-state index contributed by atoms with van der Waals surface area (Å²) in [5.74, 6) is -1.05. The van der Waals surface area contributed by atoms with Gasteiger partial charge in [0.1, 0.15) is 0 Å². The first-order valence-electron chi connectivity index (χ1n) is 6.77. The Balaban J connectivity index is 1.66. The van der Waals surface area contributed by atoms with Crippen molar-refractivity contribution < 1.29 is 19.4 Å². The SMILES string of the molecule is O=C(O)C1CN(C(=O)C2CCn3cncc3C2)CCO1. The number of carbonyl (C=O) groups excluding carboxylic acids is 1. The Morgan fingerprint density at radius 3 is 3.05 bits per heavy atom. The smallest absolute Gasteiger partial charge is 0.334 e. The fourth-order valence-electron chi connectivity index (χ4n) is 2.84. The second kappa shape index (κ2) is 5.24. The number of amides is 1. The third kappa shape index (κ3) is 2.40. The van der Waals surface area contributed by atoms with Crippen LogP contribution in [0.2, 0.25) is 0 Å². The maximum Gasteiger partial charge on any atom is 0.334 e. The van der Waals surface area contributed by atoms with Crippen LogP contribution in [0.3, 0.4) is 0 Å². The van der Waals surface area contributed by atoms with Crippen molar-refractivity contribution in [2.24, 2.45) is 5.92 Å². The number of imidazole rings is 1. The second-order valence-corrected chi connectivity index (χ2v) is 5.25. The topological polar surface area (TPSA) is 84.7 Å². The van der Waals surface area contributed by atoms with E-state index in [1.165, 1.54) is 0 Å². The van der Waals surface area contributed by atoms with Gasteiger partial charge < -0.3 is 19.3 Å². The predicted octanol–water partition coefficient (Wildman–Crippen LogP) is -0.243. The molecule has 108 valence electrons. The molecule has 2 aliphatic heterocycles. The summed E-state index contributed by atoms with van der Waals surface area (Å²) in [7, 11) is 0. The zero-order chi connectivity index (χ0) is 14.1. The Labute approximate surface area is 116 Å². The maximum absolute atomic E-state index is 12.5. The Bertz CT molecular complexity index is 527. The lowest BCUT2D eigenvalue weighted by Gasteiger charge is -2.34. The summed E-state index contributed by atoms with van der Waals surface area (Å²) in [5.41, 5.74) is 1.07. The molecule has 0 radical (unpaired) electrons. The monoisotopic (exact) mass is 279 g/mol. The van der Waals surface area contributed by atoms with Crippen LogP contribution in [0.1, 0.15) is 12.1 Å². The van der Waals surface area contributed by atoms with Crippen molar-refractivity contribution in [2.75, 3.05) is 19.7 Å². The summed E-state index contributed by atoms with van der Waals surface area (Å²) in [6, 6.07) is 0. The van der Waals surface area contributed by atoms with Gasteiger partial charge in [-0.1, -0.05) is 0 Å². The summed E-state index contributed by atoms with van der Waals surface area (Å²) in [6.45, 7) is 1.69. The summed E-state index contributed by atoms with van der Waals surface area (Å²) in [5, 5.41) is 8.98. The Hall–Kier alpha value is -1.89. The first kappa shape index (κ1) is 13.1. The van der Waals surface area contributed by atoms with E-state index in [0.29, 0.717) is 13.0 Å². The van der Waals surface area contributed by atoms with E-state index in [1.807, 2.05) is 0 Å². The average molecular weight is 279 g/mol. The third-order valence-corrected chi connectivity index (χ3v) is 3.98. The van der Waals surface area contributed by atoms with E-state index in [9.17, 15) is 9.59 Å². The number of hydrogen-bond acceptors (Lipinski definition) is 4. The predicted molar refractivity (Wildman–Crippen MR) is 68.0 cm³/mol. The maximum atomic E-state index is 12.5. The number of aryl methyl sites for hydroxylation is 1. The van der Waals surface area contributed by atoms with Crippen molar-refractivity contribution in [2.45, 2.75) is 25.5 Å². The zero-order valence-corrected chi connectivity index (χ0v) is 11.1. The van der Waals surface area contributed by atoms with Crippen LogP contribution in [-0.4, -0.2) is 57.2 Å². The lowest BCUT2D eigenvalue weighted by atomic mass is 9.94. The summed E-state index contributed by atoms with van der Waals surface area (Å²) >= 11 is 0. The molecule has 3 heterocycles. The van der Waals surface area contributed by atoms with Crippen LogP contribution in [0.4, 0.5) is 0 Å². The van der Waals surface area contributed by atoms with E-state index in [4.69, 9.17) is 9.84 Å². The molecule has 1 N–H and O–H groups in total. The number of carboxylic acids is 1. The fraction of sp³-hybridized carbons (Fsp3) is 0.615. The largest absolute Gasteiger partial charge is 0.479 e. The van der Waals surface area contributed by atoms with Crippen LogP contribution in [-0.2, 0) is 27.3 Å². The van der Waals surface area contributed by atoms with Gasteiger partial charge in [-0.15, -0.1) is 0 Å². The van der Waals surface area contributed by atoms with Gasteiger partial charge in [-0.25, -0.2) is 9.78 Å². The van der Waals surface area contributed by atoms with Gasteiger partial charge in [0.05, 0.1) is 19.5 Å². The highest BCUT2D eigenvalue weighted by Crippen LogP contribution is 2.22. The molecule has 2 unspecified atom stereocenters. The van der Waals surface area contributed by atoms with Gasteiger partial charge in [0.15, 0.2) is 6.10 Å². The van der Waals surface area contributed by atoms with E-state index in [0.717, 1.165) is 18.7 Å². The molecule has 0 aliphatic carbocycles. The van der Waals surface area contributed by atoms with Gasteiger partial charge in [0.2, 0.25) is 5.91 Å². The molecule has 20 heavy (non-hydrogen) atoms. The summed E-state index contributed by atoms with van der Waals surface area (Å²) in [6.07, 6.45) is 4.12. The number of aliphatic carboxylic acids is 1. The van der Waals surface area contributed by atoms with Gasteiger partial charge in [0.25, 0.3) is 0 Å². The van der Waals surface area contributed by atoms with E-state index in [2.05, 4.69) is 9.55 Å². The highest BCUT2D eigenvalue weighted by molar-refractivity contribution is 5.81. The van der Waals surface area contributed by atoms with Crippen molar-refractivity contribution in [3.05, 3.63) is 18.2 Å². The fourth-order valence-corrected chi connectivity index (χ4v) is 2.84. The first-order chi connectivity index (χ1) is 9.65. The Morgan fingerprint density at radius 1 is 1.40 bits per heavy atom. The van der Waals surface area contributed by atoms with Crippen molar-refractivity contribution in [1.29, 1.82) is 0 Å². The molecule has 0 saturated carbocycles. The summed E-state index contributed by atoms with van der Waals surface area (Å²) < 4.78 is 7.20. The number of carbonyl (C=O) groups is 2. The van der Waals surface area contributed by atoms with Gasteiger partial charge >= 0.3 is 5.97 Å². The molecule has 0 bridgehead atoms. The van der Waals surface area contributed by atoms with E-state index < -0.39 is 12.1 Å². The van der Waals surface area contributed by atoms with Crippen molar-refractivity contribution in [1.82, 2.24) is 14.5 Å². The quantitative estimate of drug-likeness (QED) is 0.807. The van der Waals surface area contributed by atoms with Crippen molar-refractivity contribution in [3.8, 4) is 0 Å². The number of rotatable bonds is 2. The highest BCUT2D eigenvalue weighted by Gasteiger charge is 2.33. The third-order valence-electron chi connectivity index (χ3n) is 3.98. The minimum absolute atomic E-state index is 0.0343. The standard InChI is InChI=1S/C13H17N3O4/c17-12(15-3-4-20-11(7-15)13(18)19)9-1-2-16-8-14-6-10(16)5-9/h6,8-9,11H,1-5,7H2,(H,18,19). The van der Waals surface area contributed by atoms with E-state index in [-0.39, 0.29) is 25.0 Å². The van der Waals surface area contributed by atoms with Gasteiger partial charge in [-0.2, -0.15) is 0 Å². The van der Waals surface area contributed by atoms with E-state index in [1.54, 1.807) is 17.4 Å². The Morgan fingerprint density at radius 2 is 2.25 bits per heavy atom. The molecule has 2 aliphatic rings. The van der Waals surface area contributed by atoms with Gasteiger partial charge in [-0.3, -0.25) is 4.79 Å². The normalized spacial score (nSPS) is 26.1. The number of ether oxygens (including phenoxy) is 1. The Kier molecular flexibility index (Phi) is 3.43. The molecule has 2 atom stereocenters. The number of carboxylic acid groups (broad SMARTS) is 1. The molecule has 7 nitrogen and oxygen atoms in total. The molecule has 0 spiro atoms. The lowest BCUT2D eigenvalue weighted by molar-refractivity contribution is -0.160. The number of fused-ring (bicyclic) bond motifs is 1.